The molecule has 1 aliphatic rings. The van der Waals surface area contributed by atoms with Gasteiger partial charge in [0.05, 0.1) is 0 Å². The Morgan fingerprint density at radius 1 is 1.39 bits per heavy atom. The highest BCUT2D eigenvalue weighted by atomic mass is 19.1. The van der Waals surface area contributed by atoms with Crippen molar-refractivity contribution in [2.45, 2.75) is 19.3 Å². The Morgan fingerprint density at radius 3 is 3.04 bits per heavy atom. The van der Waals surface area contributed by atoms with Crippen molar-refractivity contribution in [2.24, 2.45) is 5.92 Å². The molecule has 0 spiro atoms. The number of nitrogens with one attached hydrogen (secondary N) is 1. The maximum Gasteiger partial charge on any atom is 0.260 e. The summed E-state index contributed by atoms with van der Waals surface area (Å²) < 4.78 is 18.8. The minimum absolute atomic E-state index is 0.0948. The molecule has 1 fully saturated rings. The highest BCUT2D eigenvalue weighted by Crippen LogP contribution is 2.21. The van der Waals surface area contributed by atoms with Gasteiger partial charge in [0.15, 0.2) is 18.2 Å². The molecular weight excluding hydrogens is 297 g/mol. The summed E-state index contributed by atoms with van der Waals surface area (Å²) in [4.78, 5) is 14.1. The number of aromatic nitrogens is 2. The highest BCUT2D eigenvalue weighted by Gasteiger charge is 2.24. The van der Waals surface area contributed by atoms with Crippen LogP contribution in [0.2, 0.25) is 0 Å². The molecule has 1 atom stereocenters. The van der Waals surface area contributed by atoms with Crippen LogP contribution >= 0.6 is 0 Å². The van der Waals surface area contributed by atoms with Crippen LogP contribution in [0.1, 0.15) is 18.5 Å². The third-order valence-electron chi connectivity index (χ3n) is 4.13. The predicted octanol–water partition coefficient (Wildman–Crippen LogP) is 2.41. The lowest BCUT2D eigenvalue weighted by molar-refractivity contribution is -0.135. The Labute approximate surface area is 134 Å². The number of rotatable bonds is 5. The van der Waals surface area contributed by atoms with Gasteiger partial charge in [0.25, 0.3) is 5.91 Å². The highest BCUT2D eigenvalue weighted by molar-refractivity contribution is 5.77. The minimum Gasteiger partial charge on any atom is -0.481 e. The number of likely N-dealkylation sites (tertiary alicyclic amines) is 1. The fourth-order valence-corrected chi connectivity index (χ4v) is 2.96. The van der Waals surface area contributed by atoms with Gasteiger partial charge in [-0.1, -0.05) is 12.1 Å². The van der Waals surface area contributed by atoms with E-state index in [1.165, 1.54) is 12.1 Å². The molecule has 23 heavy (non-hydrogen) atoms. The topological polar surface area (TPSA) is 58.2 Å². The number of H-pyrrole nitrogens is 1. The number of nitrogens with zero attached hydrogens (tertiary/aromatic N) is 2. The standard InChI is InChI=1S/C17H20FN3O2/c18-15-5-1-2-6-16(15)23-12-17(22)21-9-3-4-13(11-21)10-14-7-8-19-20-14/h1-2,5-8,13H,3-4,9-12H2,(H,19,20)/t13-/m0/s1. The summed E-state index contributed by atoms with van der Waals surface area (Å²) in [5, 5.41) is 6.91. The van der Waals surface area contributed by atoms with Gasteiger partial charge in [0, 0.05) is 25.0 Å². The Morgan fingerprint density at radius 2 is 2.26 bits per heavy atom. The van der Waals surface area contributed by atoms with Crippen molar-refractivity contribution in [3.8, 4) is 5.75 Å². The van der Waals surface area contributed by atoms with Crippen molar-refractivity contribution in [3.05, 3.63) is 48.0 Å². The molecule has 0 aliphatic carbocycles. The van der Waals surface area contributed by atoms with Gasteiger partial charge in [-0.25, -0.2) is 4.39 Å². The van der Waals surface area contributed by atoms with E-state index in [1.54, 1.807) is 18.3 Å². The summed E-state index contributed by atoms with van der Waals surface area (Å²) in [7, 11) is 0. The van der Waals surface area contributed by atoms with Gasteiger partial charge in [-0.15, -0.1) is 0 Å². The van der Waals surface area contributed by atoms with Gasteiger partial charge in [-0.05, 0) is 43.4 Å². The minimum atomic E-state index is -0.448. The number of aromatic amines is 1. The molecule has 122 valence electrons. The average Bonchev–Trinajstić information content (AvgIpc) is 3.07. The van der Waals surface area contributed by atoms with Crippen LogP contribution in [0.15, 0.2) is 36.5 Å². The molecule has 0 bridgehead atoms. The molecule has 1 aromatic carbocycles. The third-order valence-corrected chi connectivity index (χ3v) is 4.13. The fourth-order valence-electron chi connectivity index (χ4n) is 2.96. The van der Waals surface area contributed by atoms with Crippen molar-refractivity contribution in [1.82, 2.24) is 15.1 Å². The van der Waals surface area contributed by atoms with E-state index in [4.69, 9.17) is 4.74 Å². The first-order chi connectivity index (χ1) is 11.2. The second-order valence-corrected chi connectivity index (χ2v) is 5.85. The Bertz CT molecular complexity index is 645. The average molecular weight is 317 g/mol. The van der Waals surface area contributed by atoms with E-state index in [1.807, 2.05) is 11.0 Å². The molecular formula is C17H20FN3O2. The summed E-state index contributed by atoms with van der Waals surface area (Å²) in [5.74, 6) is -0.00731. The van der Waals surface area contributed by atoms with Gasteiger partial charge < -0.3 is 9.64 Å². The van der Waals surface area contributed by atoms with Crippen molar-refractivity contribution >= 4 is 5.91 Å². The number of para-hydroxylation sites is 1. The van der Waals surface area contributed by atoms with Crippen LogP contribution in [0.5, 0.6) is 5.75 Å². The fraction of sp³-hybridized carbons (Fsp3) is 0.412. The second kappa shape index (κ2) is 7.26. The van der Waals surface area contributed by atoms with E-state index in [2.05, 4.69) is 10.2 Å². The van der Waals surface area contributed by atoms with E-state index in [0.717, 1.165) is 31.5 Å². The van der Waals surface area contributed by atoms with Gasteiger partial charge in [-0.3, -0.25) is 9.89 Å². The summed E-state index contributed by atoms with van der Waals surface area (Å²) >= 11 is 0. The molecule has 5 nitrogen and oxygen atoms in total. The lowest BCUT2D eigenvalue weighted by atomic mass is 9.93. The number of carbonyl (C=O) groups excluding carboxylic acids is 1. The monoisotopic (exact) mass is 317 g/mol. The largest absolute Gasteiger partial charge is 0.481 e. The Balaban J connectivity index is 1.51. The zero-order chi connectivity index (χ0) is 16.1. The molecule has 1 N–H and O–H groups in total. The number of hydrogen-bond acceptors (Lipinski definition) is 3. The van der Waals surface area contributed by atoms with Crippen molar-refractivity contribution in [1.29, 1.82) is 0 Å². The first kappa shape index (κ1) is 15.5. The van der Waals surface area contributed by atoms with Crippen LogP contribution in [-0.2, 0) is 11.2 Å². The maximum atomic E-state index is 13.5. The van der Waals surface area contributed by atoms with Gasteiger partial charge in [-0.2, -0.15) is 5.10 Å². The summed E-state index contributed by atoms with van der Waals surface area (Å²) in [5.41, 5.74) is 1.09. The van der Waals surface area contributed by atoms with Crippen LogP contribution in [-0.4, -0.2) is 40.7 Å². The van der Waals surface area contributed by atoms with Gasteiger partial charge >= 0.3 is 0 Å². The Hall–Kier alpha value is -2.37. The number of benzene rings is 1. The quantitative estimate of drug-likeness (QED) is 0.921. The lowest BCUT2D eigenvalue weighted by Gasteiger charge is -2.32. The maximum absolute atomic E-state index is 13.5. The van der Waals surface area contributed by atoms with Gasteiger partial charge in [0.2, 0.25) is 0 Å². The molecule has 0 radical (unpaired) electrons. The van der Waals surface area contributed by atoms with Crippen LogP contribution in [0, 0.1) is 11.7 Å². The predicted molar refractivity (Wildman–Crippen MR) is 83.5 cm³/mol. The molecule has 1 amide bonds. The molecule has 0 unspecified atom stereocenters. The number of carbonyl (C=O) groups is 1. The number of amides is 1. The first-order valence-corrected chi connectivity index (χ1v) is 7.85. The SMILES string of the molecule is O=C(COc1ccccc1F)N1CCC[C@@H](Cc2ccn[nH]2)C1. The zero-order valence-corrected chi connectivity index (χ0v) is 12.9. The third kappa shape index (κ3) is 4.09. The molecule has 0 saturated carbocycles. The summed E-state index contributed by atoms with van der Waals surface area (Å²) in [6.45, 7) is 1.31. The molecule has 1 saturated heterocycles. The van der Waals surface area contributed by atoms with E-state index >= 15 is 0 Å². The second-order valence-electron chi connectivity index (χ2n) is 5.85. The van der Waals surface area contributed by atoms with E-state index in [-0.39, 0.29) is 18.3 Å². The van der Waals surface area contributed by atoms with Crippen LogP contribution in [0.4, 0.5) is 4.39 Å². The van der Waals surface area contributed by atoms with Crippen molar-refractivity contribution in [2.75, 3.05) is 19.7 Å². The molecule has 2 heterocycles. The number of piperidine rings is 1. The van der Waals surface area contributed by atoms with E-state index < -0.39 is 5.82 Å². The van der Waals surface area contributed by atoms with E-state index in [0.29, 0.717) is 12.5 Å². The zero-order valence-electron chi connectivity index (χ0n) is 12.9. The molecule has 6 heteroatoms. The molecule has 1 aromatic heterocycles. The van der Waals surface area contributed by atoms with Crippen LogP contribution in [0.25, 0.3) is 0 Å². The number of hydrogen-bond donors (Lipinski definition) is 1. The molecule has 3 rings (SSSR count). The lowest BCUT2D eigenvalue weighted by Crippen LogP contribution is -2.42. The normalized spacial score (nSPS) is 18.0. The Kier molecular flexibility index (Phi) is 4.90. The number of ether oxygens (including phenoxy) is 1. The van der Waals surface area contributed by atoms with Gasteiger partial charge in [0.1, 0.15) is 0 Å². The van der Waals surface area contributed by atoms with Crippen molar-refractivity contribution in [3.63, 3.8) is 0 Å². The summed E-state index contributed by atoms with van der Waals surface area (Å²) in [6.07, 6.45) is 4.70. The molecule has 2 aromatic rings. The number of halogens is 1. The van der Waals surface area contributed by atoms with Crippen LogP contribution in [0.3, 0.4) is 0 Å². The van der Waals surface area contributed by atoms with E-state index in [9.17, 15) is 9.18 Å². The molecule has 1 aliphatic heterocycles. The van der Waals surface area contributed by atoms with Crippen LogP contribution < -0.4 is 4.74 Å². The van der Waals surface area contributed by atoms with Crippen molar-refractivity contribution < 1.29 is 13.9 Å². The first-order valence-electron chi connectivity index (χ1n) is 7.85. The smallest absolute Gasteiger partial charge is 0.260 e. The summed E-state index contributed by atoms with van der Waals surface area (Å²) in [6, 6.07) is 8.09.